The van der Waals surface area contributed by atoms with Crippen LogP contribution in [0.3, 0.4) is 0 Å². The van der Waals surface area contributed by atoms with Crippen molar-refractivity contribution in [1.82, 2.24) is 0 Å². The van der Waals surface area contributed by atoms with Gasteiger partial charge in [-0.3, -0.25) is 0 Å². The molecule has 4 saturated carbocycles. The highest BCUT2D eigenvalue weighted by atomic mass is 16.4. The predicted molar refractivity (Wildman–Crippen MR) is 94.5 cm³/mol. The summed E-state index contributed by atoms with van der Waals surface area (Å²) in [5.74, 6) is 0.336. The van der Waals surface area contributed by atoms with Crippen molar-refractivity contribution in [3.05, 3.63) is 0 Å². The number of hydrogen-bond acceptors (Lipinski definition) is 5. The minimum absolute atomic E-state index is 0.0642. The fraction of sp³-hybridized carbons (Fsp3) is 1.00. The molecule has 0 aromatic carbocycles. The van der Waals surface area contributed by atoms with E-state index in [-0.39, 0.29) is 35.1 Å². The van der Waals surface area contributed by atoms with Crippen LogP contribution in [0.5, 0.6) is 0 Å². The average molecular weight is 354 g/mol. The highest BCUT2D eigenvalue weighted by Gasteiger charge is 2.72. The summed E-state index contributed by atoms with van der Waals surface area (Å²) in [5.41, 5.74) is 3.48. The summed E-state index contributed by atoms with van der Waals surface area (Å²) in [5, 5.41) is 44.5. The van der Waals surface area contributed by atoms with E-state index in [1.807, 2.05) is 20.8 Å². The summed E-state index contributed by atoms with van der Waals surface area (Å²) in [7, 11) is 0. The van der Waals surface area contributed by atoms with Crippen LogP contribution in [0.2, 0.25) is 0 Å². The van der Waals surface area contributed by atoms with Crippen LogP contribution in [0, 0.1) is 34.5 Å². The fourth-order valence-corrected chi connectivity index (χ4v) is 7.91. The Morgan fingerprint density at radius 1 is 0.920 bits per heavy atom. The normalized spacial score (nSPS) is 63.0. The molecule has 6 N–H and O–H groups in total. The first-order chi connectivity index (χ1) is 11.4. The molecule has 4 rings (SSSR count). The highest BCUT2D eigenvalue weighted by molar-refractivity contribution is 5.23. The Bertz CT molecular complexity index is 578. The molecule has 1 spiro atoms. The number of hydrogen-bond donors (Lipinski definition) is 5. The van der Waals surface area contributed by atoms with Crippen LogP contribution >= 0.6 is 0 Å². The summed E-state index contributed by atoms with van der Waals surface area (Å²) in [4.78, 5) is 0. The van der Waals surface area contributed by atoms with Gasteiger partial charge in [0, 0.05) is 17.4 Å². The van der Waals surface area contributed by atoms with Gasteiger partial charge in [-0.2, -0.15) is 0 Å². The maximum atomic E-state index is 11.7. The Balaban J connectivity index is 1.83. The minimum Gasteiger partial charge on any atom is -0.392 e. The van der Waals surface area contributed by atoms with E-state index in [4.69, 9.17) is 5.73 Å². The Kier molecular flexibility index (Phi) is 3.63. The van der Waals surface area contributed by atoms with Gasteiger partial charge in [0.05, 0.1) is 17.8 Å². The summed E-state index contributed by atoms with van der Waals surface area (Å²) in [6, 6.07) is -0.145. The topological polar surface area (TPSA) is 107 Å². The monoisotopic (exact) mass is 353 g/mol. The van der Waals surface area contributed by atoms with Crippen LogP contribution < -0.4 is 5.73 Å². The van der Waals surface area contributed by atoms with Crippen LogP contribution in [-0.4, -0.2) is 49.9 Å². The van der Waals surface area contributed by atoms with Crippen LogP contribution in [0.4, 0.5) is 0 Å². The summed E-state index contributed by atoms with van der Waals surface area (Å²) >= 11 is 0. The second-order valence-corrected chi connectivity index (χ2v) is 10.6. The van der Waals surface area contributed by atoms with Crippen molar-refractivity contribution in [1.29, 1.82) is 0 Å². The van der Waals surface area contributed by atoms with Crippen molar-refractivity contribution in [2.24, 2.45) is 40.2 Å². The number of nitrogens with two attached hydrogens (primary N) is 1. The third-order valence-corrected chi connectivity index (χ3v) is 9.37. The molecule has 0 unspecified atom stereocenters. The molecular formula is C20H35NO4. The quantitative estimate of drug-likeness (QED) is 0.447. The molecule has 4 aliphatic rings. The van der Waals surface area contributed by atoms with Crippen LogP contribution in [0.1, 0.15) is 59.8 Å². The molecule has 4 fully saturated rings. The molecule has 4 aliphatic carbocycles. The number of fused-ring (bicyclic) bond motifs is 2. The molecule has 0 aromatic rings. The Morgan fingerprint density at radius 2 is 1.52 bits per heavy atom. The van der Waals surface area contributed by atoms with Crippen molar-refractivity contribution in [2.45, 2.75) is 89.3 Å². The molecule has 5 nitrogen and oxygen atoms in total. The average Bonchev–Trinajstić information content (AvgIpc) is 2.71. The van der Waals surface area contributed by atoms with Gasteiger partial charge < -0.3 is 26.2 Å². The van der Waals surface area contributed by atoms with Gasteiger partial charge in [0.15, 0.2) is 0 Å². The summed E-state index contributed by atoms with van der Waals surface area (Å²) in [6.45, 7) is 7.79. The smallest absolute Gasteiger partial charge is 0.101 e. The lowest BCUT2D eigenvalue weighted by Gasteiger charge is -2.48. The highest BCUT2D eigenvalue weighted by Crippen LogP contribution is 2.68. The SMILES string of the molecule is C[C@H]1[C@@H]2CC[C@@H]3[C@H](N)[C@@]2(C[C@@H](O)[C@@]2(O)[C@H]1C[C@H](O)C2(C)C)C[C@@]3(C)O. The van der Waals surface area contributed by atoms with Crippen molar-refractivity contribution in [2.75, 3.05) is 0 Å². The van der Waals surface area contributed by atoms with E-state index >= 15 is 0 Å². The van der Waals surface area contributed by atoms with E-state index in [1.54, 1.807) is 0 Å². The number of aliphatic hydroxyl groups is 4. The van der Waals surface area contributed by atoms with Gasteiger partial charge in [-0.1, -0.05) is 20.8 Å². The van der Waals surface area contributed by atoms with E-state index in [0.717, 1.165) is 12.8 Å². The first kappa shape index (κ1) is 18.2. The predicted octanol–water partition coefficient (Wildman–Crippen LogP) is 1.02. The second-order valence-electron chi connectivity index (χ2n) is 10.6. The lowest BCUT2D eigenvalue weighted by molar-refractivity contribution is -0.176. The Hall–Kier alpha value is -0.200. The molecule has 144 valence electrons. The van der Waals surface area contributed by atoms with Crippen LogP contribution in [-0.2, 0) is 0 Å². The fourth-order valence-electron chi connectivity index (χ4n) is 7.91. The maximum absolute atomic E-state index is 11.7. The lowest BCUT2D eigenvalue weighted by atomic mass is 9.58. The van der Waals surface area contributed by atoms with E-state index in [0.29, 0.717) is 19.3 Å². The Labute approximate surface area is 150 Å². The molecule has 5 heteroatoms. The third-order valence-electron chi connectivity index (χ3n) is 9.37. The molecule has 0 radical (unpaired) electrons. The van der Waals surface area contributed by atoms with E-state index in [9.17, 15) is 20.4 Å². The lowest BCUT2D eigenvalue weighted by Crippen LogP contribution is -2.57. The van der Waals surface area contributed by atoms with Gasteiger partial charge >= 0.3 is 0 Å². The molecule has 0 aromatic heterocycles. The van der Waals surface area contributed by atoms with E-state index in [2.05, 4.69) is 6.92 Å². The zero-order chi connectivity index (χ0) is 18.6. The molecular weight excluding hydrogens is 318 g/mol. The van der Waals surface area contributed by atoms with E-state index in [1.165, 1.54) is 0 Å². The zero-order valence-corrected chi connectivity index (χ0v) is 15.9. The second kappa shape index (κ2) is 4.99. The van der Waals surface area contributed by atoms with Gasteiger partial charge in [0.25, 0.3) is 0 Å². The van der Waals surface area contributed by atoms with Gasteiger partial charge in [0.2, 0.25) is 0 Å². The summed E-state index contributed by atoms with van der Waals surface area (Å²) in [6.07, 6.45) is 1.86. The number of aliphatic hydroxyl groups excluding tert-OH is 2. The maximum Gasteiger partial charge on any atom is 0.101 e. The molecule has 25 heavy (non-hydrogen) atoms. The van der Waals surface area contributed by atoms with Crippen LogP contribution in [0.15, 0.2) is 0 Å². The minimum atomic E-state index is -1.32. The van der Waals surface area contributed by atoms with Gasteiger partial charge in [-0.25, -0.2) is 0 Å². The summed E-state index contributed by atoms with van der Waals surface area (Å²) < 4.78 is 0. The van der Waals surface area contributed by atoms with E-state index < -0.39 is 28.8 Å². The first-order valence-corrected chi connectivity index (χ1v) is 9.96. The van der Waals surface area contributed by atoms with Gasteiger partial charge in [0.1, 0.15) is 5.60 Å². The molecule has 0 saturated heterocycles. The molecule has 0 heterocycles. The van der Waals surface area contributed by atoms with Crippen molar-refractivity contribution in [3.63, 3.8) is 0 Å². The first-order valence-electron chi connectivity index (χ1n) is 9.96. The molecule has 0 aliphatic heterocycles. The van der Waals surface area contributed by atoms with Crippen molar-refractivity contribution >= 4 is 0 Å². The third kappa shape index (κ3) is 1.92. The number of rotatable bonds is 0. The van der Waals surface area contributed by atoms with Crippen LogP contribution in [0.25, 0.3) is 0 Å². The Morgan fingerprint density at radius 3 is 2.16 bits per heavy atom. The molecule has 10 atom stereocenters. The zero-order valence-electron chi connectivity index (χ0n) is 15.9. The standard InChI is InChI=1S/C20H35NO4/c1-10-11-5-6-12-16(21)19(11,9-18(12,4)24)8-15(23)20(25)13(10)7-14(22)17(20,2)3/h10-16,22-25H,5-9,21H2,1-4H3/t10-,11-,12+,13-,14-,15+,16-,18+,19-,20-/m0/s1. The molecule has 2 bridgehead atoms. The van der Waals surface area contributed by atoms with Crippen molar-refractivity contribution in [3.8, 4) is 0 Å². The molecule has 0 amide bonds. The van der Waals surface area contributed by atoms with Gasteiger partial charge in [-0.15, -0.1) is 0 Å². The largest absolute Gasteiger partial charge is 0.392 e. The van der Waals surface area contributed by atoms with Gasteiger partial charge in [-0.05, 0) is 62.2 Å². The van der Waals surface area contributed by atoms with Crippen molar-refractivity contribution < 1.29 is 20.4 Å².